The zero-order valence-electron chi connectivity index (χ0n) is 15.5. The molecule has 1 aliphatic rings. The summed E-state index contributed by atoms with van der Waals surface area (Å²) in [6, 6.07) is 6.36. The Kier molecular flexibility index (Phi) is 6.89. The van der Waals surface area contributed by atoms with Crippen molar-refractivity contribution >= 4 is 11.7 Å². The number of hydrogen-bond acceptors (Lipinski definition) is 4. The molecule has 1 heterocycles. The first-order valence-electron chi connectivity index (χ1n) is 8.82. The smallest absolute Gasteiger partial charge is 0.334 e. The predicted molar refractivity (Wildman–Crippen MR) is 102 cm³/mol. The number of carbonyl (C=O) groups excluding carboxylic acids is 1. The predicted octanol–water partition coefficient (Wildman–Crippen LogP) is 5.59. The SMILES string of the molecule is CC(C)=CCC/C(C)=C/CCC1=C[C@@H](c2ccccc2[N+](=O)[O-])OC1=O. The van der Waals surface area contributed by atoms with Crippen LogP contribution in [0.5, 0.6) is 0 Å². The van der Waals surface area contributed by atoms with Crippen molar-refractivity contribution in [3.63, 3.8) is 0 Å². The van der Waals surface area contributed by atoms with Crippen LogP contribution < -0.4 is 0 Å². The van der Waals surface area contributed by atoms with Gasteiger partial charge in [0.15, 0.2) is 6.10 Å². The molecule has 0 radical (unpaired) electrons. The molecule has 1 aromatic rings. The number of nitro benzene ring substituents is 1. The van der Waals surface area contributed by atoms with E-state index in [-0.39, 0.29) is 11.7 Å². The Morgan fingerprint density at radius 3 is 2.62 bits per heavy atom. The van der Waals surface area contributed by atoms with Crippen LogP contribution in [0.2, 0.25) is 0 Å². The molecule has 26 heavy (non-hydrogen) atoms. The van der Waals surface area contributed by atoms with Gasteiger partial charge in [-0.25, -0.2) is 4.79 Å². The average Bonchev–Trinajstić information content (AvgIpc) is 2.95. The summed E-state index contributed by atoms with van der Waals surface area (Å²) in [5.74, 6) is -0.385. The van der Waals surface area contributed by atoms with E-state index < -0.39 is 11.0 Å². The summed E-state index contributed by atoms with van der Waals surface area (Å²) in [5, 5.41) is 11.1. The maximum atomic E-state index is 12.1. The van der Waals surface area contributed by atoms with Gasteiger partial charge < -0.3 is 4.74 Å². The maximum Gasteiger partial charge on any atom is 0.334 e. The number of ether oxygens (including phenoxy) is 1. The molecule has 0 saturated carbocycles. The van der Waals surface area contributed by atoms with E-state index in [4.69, 9.17) is 4.74 Å². The Bertz CT molecular complexity index is 770. The fourth-order valence-corrected chi connectivity index (χ4v) is 2.87. The summed E-state index contributed by atoms with van der Waals surface area (Å²) in [4.78, 5) is 22.8. The van der Waals surface area contributed by atoms with Crippen molar-refractivity contribution in [1.29, 1.82) is 0 Å². The van der Waals surface area contributed by atoms with E-state index in [9.17, 15) is 14.9 Å². The largest absolute Gasteiger partial charge is 0.450 e. The van der Waals surface area contributed by atoms with E-state index >= 15 is 0 Å². The number of hydrogen-bond donors (Lipinski definition) is 0. The third-order valence-electron chi connectivity index (χ3n) is 4.29. The molecule has 0 spiro atoms. The Morgan fingerprint density at radius 2 is 1.92 bits per heavy atom. The summed E-state index contributed by atoms with van der Waals surface area (Å²) >= 11 is 0. The lowest BCUT2D eigenvalue weighted by molar-refractivity contribution is -0.386. The van der Waals surface area contributed by atoms with Crippen LogP contribution in [-0.2, 0) is 9.53 Å². The number of carbonyl (C=O) groups is 1. The molecule has 2 rings (SSSR count). The van der Waals surface area contributed by atoms with E-state index in [0.717, 1.165) is 19.3 Å². The van der Waals surface area contributed by atoms with Crippen molar-refractivity contribution < 1.29 is 14.5 Å². The summed E-state index contributed by atoms with van der Waals surface area (Å²) in [6.45, 7) is 6.27. The van der Waals surface area contributed by atoms with Crippen LogP contribution in [0.4, 0.5) is 5.69 Å². The van der Waals surface area contributed by atoms with Crippen LogP contribution in [-0.4, -0.2) is 10.9 Å². The monoisotopic (exact) mass is 355 g/mol. The first-order chi connectivity index (χ1) is 12.4. The lowest BCUT2D eigenvalue weighted by Gasteiger charge is -2.08. The van der Waals surface area contributed by atoms with Gasteiger partial charge in [-0.1, -0.05) is 35.4 Å². The molecule has 138 valence electrons. The first kappa shape index (κ1) is 19.6. The van der Waals surface area contributed by atoms with Gasteiger partial charge >= 0.3 is 5.97 Å². The number of rotatable bonds is 8. The van der Waals surface area contributed by atoms with Gasteiger partial charge in [-0.3, -0.25) is 10.1 Å². The van der Waals surface area contributed by atoms with Crippen LogP contribution in [0.25, 0.3) is 0 Å². The van der Waals surface area contributed by atoms with E-state index in [1.165, 1.54) is 17.2 Å². The molecule has 0 amide bonds. The van der Waals surface area contributed by atoms with E-state index in [1.807, 2.05) is 0 Å². The Morgan fingerprint density at radius 1 is 1.19 bits per heavy atom. The van der Waals surface area contributed by atoms with Crippen LogP contribution in [0, 0.1) is 10.1 Å². The molecule has 5 heteroatoms. The average molecular weight is 355 g/mol. The highest BCUT2D eigenvalue weighted by molar-refractivity contribution is 5.91. The molecule has 0 saturated heterocycles. The van der Waals surface area contributed by atoms with Crippen molar-refractivity contribution in [1.82, 2.24) is 0 Å². The number of cyclic esters (lactones) is 1. The van der Waals surface area contributed by atoms with Gasteiger partial charge in [0, 0.05) is 11.6 Å². The quantitative estimate of drug-likeness (QED) is 0.264. The first-order valence-corrected chi connectivity index (χ1v) is 8.82. The lowest BCUT2D eigenvalue weighted by Crippen LogP contribution is -2.04. The van der Waals surface area contributed by atoms with Gasteiger partial charge in [-0.05, 0) is 58.6 Å². The number of benzene rings is 1. The second-order valence-electron chi connectivity index (χ2n) is 6.74. The number of para-hydroxylation sites is 1. The number of nitrogens with zero attached hydrogens (tertiary/aromatic N) is 1. The van der Waals surface area contributed by atoms with Crippen LogP contribution in [0.3, 0.4) is 0 Å². The van der Waals surface area contributed by atoms with Gasteiger partial charge in [0.2, 0.25) is 0 Å². The minimum Gasteiger partial charge on any atom is -0.450 e. The topological polar surface area (TPSA) is 69.4 Å². The summed E-state index contributed by atoms with van der Waals surface area (Å²) in [5.41, 5.74) is 3.58. The molecule has 0 fully saturated rings. The highest BCUT2D eigenvalue weighted by Gasteiger charge is 2.30. The fraction of sp³-hybridized carbons (Fsp3) is 0.381. The number of allylic oxidation sites excluding steroid dienone is 4. The Hall–Kier alpha value is -2.69. The number of esters is 1. The third-order valence-corrected chi connectivity index (χ3v) is 4.29. The summed E-state index contributed by atoms with van der Waals surface area (Å²) < 4.78 is 5.34. The zero-order valence-corrected chi connectivity index (χ0v) is 15.5. The zero-order chi connectivity index (χ0) is 19.1. The Balaban J connectivity index is 1.99. The molecular formula is C21H25NO4. The van der Waals surface area contributed by atoms with Crippen LogP contribution in [0.1, 0.15) is 58.1 Å². The van der Waals surface area contributed by atoms with Crippen molar-refractivity contribution in [3.05, 3.63) is 74.9 Å². The van der Waals surface area contributed by atoms with Crippen molar-refractivity contribution in [2.45, 2.75) is 52.6 Å². The fourth-order valence-electron chi connectivity index (χ4n) is 2.87. The summed E-state index contributed by atoms with van der Waals surface area (Å²) in [6.07, 6.45) is 8.75. The van der Waals surface area contributed by atoms with E-state index in [1.54, 1.807) is 24.3 Å². The molecule has 0 N–H and O–H groups in total. The molecule has 0 aromatic heterocycles. The minimum absolute atomic E-state index is 0.0298. The molecule has 0 unspecified atom stereocenters. The molecular weight excluding hydrogens is 330 g/mol. The van der Waals surface area contributed by atoms with Crippen molar-refractivity contribution in [2.75, 3.05) is 0 Å². The van der Waals surface area contributed by atoms with Crippen molar-refractivity contribution in [2.24, 2.45) is 0 Å². The lowest BCUT2D eigenvalue weighted by atomic mass is 10.0. The second kappa shape index (κ2) is 9.13. The van der Waals surface area contributed by atoms with Crippen LogP contribution in [0.15, 0.2) is 59.2 Å². The number of nitro groups is 1. The van der Waals surface area contributed by atoms with Gasteiger partial charge in [-0.15, -0.1) is 0 Å². The standard InChI is InChI=1S/C21H25NO4/c1-15(2)8-6-9-16(3)10-7-11-17-14-20(26-21(17)23)18-12-4-5-13-19(18)22(24)25/h4-5,8,10,12-14,20H,6-7,9,11H2,1-3H3/b16-10+/t20-/m0/s1. The highest BCUT2D eigenvalue weighted by atomic mass is 16.6. The highest BCUT2D eigenvalue weighted by Crippen LogP contribution is 2.34. The third kappa shape index (κ3) is 5.41. The molecule has 5 nitrogen and oxygen atoms in total. The van der Waals surface area contributed by atoms with E-state index in [0.29, 0.717) is 17.6 Å². The molecule has 1 aromatic carbocycles. The minimum atomic E-state index is -0.679. The maximum absolute atomic E-state index is 12.1. The van der Waals surface area contributed by atoms with Gasteiger partial charge in [0.05, 0.1) is 10.5 Å². The van der Waals surface area contributed by atoms with Gasteiger partial charge in [-0.2, -0.15) is 0 Å². The van der Waals surface area contributed by atoms with Gasteiger partial charge in [0.1, 0.15) is 0 Å². The second-order valence-corrected chi connectivity index (χ2v) is 6.74. The van der Waals surface area contributed by atoms with E-state index in [2.05, 4.69) is 32.9 Å². The van der Waals surface area contributed by atoms with Crippen LogP contribution >= 0.6 is 0 Å². The summed E-state index contributed by atoms with van der Waals surface area (Å²) in [7, 11) is 0. The van der Waals surface area contributed by atoms with Gasteiger partial charge in [0.25, 0.3) is 5.69 Å². The Labute approximate surface area is 154 Å². The normalized spacial score (nSPS) is 16.9. The molecule has 0 bridgehead atoms. The van der Waals surface area contributed by atoms with Crippen molar-refractivity contribution in [3.8, 4) is 0 Å². The molecule has 1 aliphatic heterocycles. The molecule has 1 atom stereocenters. The molecule has 0 aliphatic carbocycles.